The summed E-state index contributed by atoms with van der Waals surface area (Å²) in [5.74, 6) is -0.293. The van der Waals surface area contributed by atoms with Gasteiger partial charge in [0.2, 0.25) is 5.95 Å². The number of halogens is 1. The van der Waals surface area contributed by atoms with Crippen LogP contribution < -0.4 is 5.32 Å². The smallest absolute Gasteiger partial charge is 0.288 e. The highest BCUT2D eigenvalue weighted by Crippen LogP contribution is 2.25. The average Bonchev–Trinajstić information content (AvgIpc) is 2.75. The standard InChI is InChI=1S/C10H8ClN5O3/c1-15-10(12-5-13-15)14-9(17)6-2-3-7(11)8(4-6)16(18)19/h2-5H,1H3,(H,12,13,14,17). The van der Waals surface area contributed by atoms with Crippen molar-refractivity contribution in [3.05, 3.63) is 45.2 Å². The summed E-state index contributed by atoms with van der Waals surface area (Å²) >= 11 is 5.66. The molecule has 0 aliphatic rings. The molecule has 0 atom stereocenters. The van der Waals surface area contributed by atoms with E-state index in [0.717, 1.165) is 6.07 Å². The number of nitro groups is 1. The lowest BCUT2D eigenvalue weighted by Crippen LogP contribution is -2.15. The fourth-order valence-electron chi connectivity index (χ4n) is 1.38. The zero-order valence-electron chi connectivity index (χ0n) is 9.70. The molecule has 1 amide bonds. The van der Waals surface area contributed by atoms with Crippen LogP contribution in [0.1, 0.15) is 10.4 Å². The van der Waals surface area contributed by atoms with E-state index in [1.165, 1.54) is 23.1 Å². The Balaban J connectivity index is 2.27. The van der Waals surface area contributed by atoms with Gasteiger partial charge in [0.05, 0.1) is 4.92 Å². The lowest BCUT2D eigenvalue weighted by Gasteiger charge is -2.04. The Kier molecular flexibility index (Phi) is 3.43. The van der Waals surface area contributed by atoms with Crippen LogP contribution in [-0.2, 0) is 7.05 Å². The first kappa shape index (κ1) is 13.0. The van der Waals surface area contributed by atoms with Gasteiger partial charge in [-0.3, -0.25) is 20.2 Å². The number of rotatable bonds is 3. The number of benzene rings is 1. The number of carbonyl (C=O) groups excluding carboxylic acids is 1. The molecule has 0 aliphatic carbocycles. The molecule has 8 nitrogen and oxygen atoms in total. The van der Waals surface area contributed by atoms with Crippen LogP contribution in [0, 0.1) is 10.1 Å². The summed E-state index contributed by atoms with van der Waals surface area (Å²) < 4.78 is 1.36. The normalized spacial score (nSPS) is 10.2. The van der Waals surface area contributed by atoms with Crippen LogP contribution in [0.5, 0.6) is 0 Å². The molecule has 0 radical (unpaired) electrons. The van der Waals surface area contributed by atoms with E-state index in [4.69, 9.17) is 11.6 Å². The van der Waals surface area contributed by atoms with Crippen LogP contribution in [-0.4, -0.2) is 25.6 Å². The number of aryl methyl sites for hydroxylation is 1. The lowest BCUT2D eigenvalue weighted by molar-refractivity contribution is -0.384. The number of nitrogens with zero attached hydrogens (tertiary/aromatic N) is 4. The summed E-state index contributed by atoms with van der Waals surface area (Å²) in [5, 5.41) is 17.0. The highest BCUT2D eigenvalue weighted by Gasteiger charge is 2.17. The minimum absolute atomic E-state index is 0.0276. The molecule has 9 heteroatoms. The monoisotopic (exact) mass is 281 g/mol. The molecule has 1 N–H and O–H groups in total. The maximum Gasteiger partial charge on any atom is 0.288 e. The van der Waals surface area contributed by atoms with E-state index in [2.05, 4.69) is 15.4 Å². The molecule has 98 valence electrons. The van der Waals surface area contributed by atoms with E-state index in [-0.39, 0.29) is 22.2 Å². The van der Waals surface area contributed by atoms with E-state index in [1.807, 2.05) is 0 Å². The van der Waals surface area contributed by atoms with Crippen LogP contribution in [0.4, 0.5) is 11.6 Å². The zero-order valence-corrected chi connectivity index (χ0v) is 10.5. The molecule has 0 fully saturated rings. The van der Waals surface area contributed by atoms with Gasteiger partial charge < -0.3 is 0 Å². The molecule has 1 heterocycles. The molecule has 0 saturated carbocycles. The van der Waals surface area contributed by atoms with E-state index in [9.17, 15) is 14.9 Å². The Bertz CT molecular complexity index is 654. The van der Waals surface area contributed by atoms with E-state index < -0.39 is 10.8 Å². The predicted octanol–water partition coefficient (Wildman–Crippen LogP) is 1.63. The third-order valence-corrected chi connectivity index (χ3v) is 2.66. The molecule has 0 bridgehead atoms. The minimum Gasteiger partial charge on any atom is -0.291 e. The highest BCUT2D eigenvalue weighted by atomic mass is 35.5. The number of nitrogens with one attached hydrogen (secondary N) is 1. The van der Waals surface area contributed by atoms with Crippen molar-refractivity contribution >= 4 is 29.1 Å². The molecule has 1 aromatic heterocycles. The Hall–Kier alpha value is -2.48. The zero-order chi connectivity index (χ0) is 14.0. The Morgan fingerprint density at radius 3 is 2.84 bits per heavy atom. The second-order valence-corrected chi connectivity index (χ2v) is 3.99. The fourth-order valence-corrected chi connectivity index (χ4v) is 1.56. The third-order valence-electron chi connectivity index (χ3n) is 2.34. The predicted molar refractivity (Wildman–Crippen MR) is 67.1 cm³/mol. The van der Waals surface area contributed by atoms with Crippen molar-refractivity contribution in [3.8, 4) is 0 Å². The van der Waals surface area contributed by atoms with Gasteiger partial charge in [-0.25, -0.2) is 4.68 Å². The number of hydrogen-bond acceptors (Lipinski definition) is 5. The summed E-state index contributed by atoms with van der Waals surface area (Å²) in [6.07, 6.45) is 1.28. The van der Waals surface area contributed by atoms with Crippen LogP contribution in [0.25, 0.3) is 0 Å². The van der Waals surface area contributed by atoms with Crippen LogP contribution in [0.3, 0.4) is 0 Å². The first-order chi connectivity index (χ1) is 8.99. The van der Waals surface area contributed by atoms with Gasteiger partial charge in [-0.2, -0.15) is 10.1 Å². The molecule has 0 spiro atoms. The molecule has 0 aliphatic heterocycles. The van der Waals surface area contributed by atoms with Crippen molar-refractivity contribution in [2.45, 2.75) is 0 Å². The van der Waals surface area contributed by atoms with E-state index >= 15 is 0 Å². The third kappa shape index (κ3) is 2.68. The molecular formula is C10H8ClN5O3. The van der Waals surface area contributed by atoms with Gasteiger partial charge in [-0.05, 0) is 12.1 Å². The van der Waals surface area contributed by atoms with Crippen molar-refractivity contribution in [1.29, 1.82) is 0 Å². The molecular weight excluding hydrogens is 274 g/mol. The van der Waals surface area contributed by atoms with Gasteiger partial charge in [-0.1, -0.05) is 11.6 Å². The summed E-state index contributed by atoms with van der Waals surface area (Å²) in [6.45, 7) is 0. The minimum atomic E-state index is -0.651. The van der Waals surface area contributed by atoms with E-state index in [1.54, 1.807) is 7.05 Å². The van der Waals surface area contributed by atoms with Crippen molar-refractivity contribution in [2.75, 3.05) is 5.32 Å². The quantitative estimate of drug-likeness (QED) is 0.680. The topological polar surface area (TPSA) is 103 Å². The Morgan fingerprint density at radius 1 is 1.53 bits per heavy atom. The summed E-state index contributed by atoms with van der Waals surface area (Å²) in [6, 6.07) is 3.79. The van der Waals surface area contributed by atoms with Crippen LogP contribution >= 0.6 is 11.6 Å². The SMILES string of the molecule is Cn1ncnc1NC(=O)c1ccc(Cl)c([N+](=O)[O-])c1. The largest absolute Gasteiger partial charge is 0.291 e. The summed E-state index contributed by atoms with van der Waals surface area (Å²) in [5.41, 5.74) is -0.216. The number of anilines is 1. The van der Waals surface area contributed by atoms with Crippen LogP contribution in [0.2, 0.25) is 5.02 Å². The molecule has 2 rings (SSSR count). The maximum atomic E-state index is 11.9. The van der Waals surface area contributed by atoms with Gasteiger partial charge >= 0.3 is 0 Å². The second-order valence-electron chi connectivity index (χ2n) is 3.58. The second kappa shape index (κ2) is 5.02. The lowest BCUT2D eigenvalue weighted by atomic mass is 10.2. The molecule has 1 aromatic carbocycles. The van der Waals surface area contributed by atoms with Gasteiger partial charge in [0, 0.05) is 18.7 Å². The first-order valence-corrected chi connectivity index (χ1v) is 5.46. The molecule has 19 heavy (non-hydrogen) atoms. The van der Waals surface area contributed by atoms with Crippen molar-refractivity contribution in [2.24, 2.45) is 7.05 Å². The number of nitro benzene ring substituents is 1. The van der Waals surface area contributed by atoms with Crippen molar-refractivity contribution in [3.63, 3.8) is 0 Å². The number of amides is 1. The molecule has 2 aromatic rings. The summed E-state index contributed by atoms with van der Waals surface area (Å²) in [7, 11) is 1.60. The van der Waals surface area contributed by atoms with Gasteiger partial charge in [0.15, 0.2) is 0 Å². The van der Waals surface area contributed by atoms with Crippen LogP contribution in [0.15, 0.2) is 24.5 Å². The highest BCUT2D eigenvalue weighted by molar-refractivity contribution is 6.32. The molecule has 0 saturated heterocycles. The van der Waals surface area contributed by atoms with Gasteiger partial charge in [0.25, 0.3) is 11.6 Å². The fraction of sp³-hybridized carbons (Fsp3) is 0.100. The number of aromatic nitrogens is 3. The number of carbonyl (C=O) groups is 1. The van der Waals surface area contributed by atoms with Crippen molar-refractivity contribution < 1.29 is 9.72 Å². The Labute approximate surface area is 112 Å². The number of hydrogen-bond donors (Lipinski definition) is 1. The maximum absolute atomic E-state index is 11.9. The average molecular weight is 282 g/mol. The van der Waals surface area contributed by atoms with Gasteiger partial charge in [-0.15, -0.1) is 0 Å². The van der Waals surface area contributed by atoms with E-state index in [0.29, 0.717) is 0 Å². The summed E-state index contributed by atoms with van der Waals surface area (Å²) in [4.78, 5) is 25.8. The first-order valence-electron chi connectivity index (χ1n) is 5.08. The van der Waals surface area contributed by atoms with Crippen molar-refractivity contribution in [1.82, 2.24) is 14.8 Å². The molecule has 0 unspecified atom stereocenters. The Morgan fingerprint density at radius 2 is 2.26 bits per heavy atom. The van der Waals surface area contributed by atoms with Gasteiger partial charge in [0.1, 0.15) is 11.3 Å².